The summed E-state index contributed by atoms with van der Waals surface area (Å²) in [6.07, 6.45) is 4.10. The molecule has 160 valence electrons. The number of carbonyl (C=O) groups excluding carboxylic acids is 2. The van der Waals surface area contributed by atoms with Gasteiger partial charge in [0.05, 0.1) is 16.8 Å². The molecule has 2 aromatic carbocycles. The molecule has 1 heterocycles. The molecule has 3 aromatic rings. The molecular weight excluding hydrogens is 395 g/mol. The summed E-state index contributed by atoms with van der Waals surface area (Å²) in [6, 6.07) is 14.9. The summed E-state index contributed by atoms with van der Waals surface area (Å²) < 4.78 is 18.6. The molecule has 1 amide bonds. The molecule has 1 fully saturated rings. The molecule has 0 unspecified atom stereocenters. The number of benzene rings is 2. The van der Waals surface area contributed by atoms with Crippen molar-refractivity contribution in [3.63, 3.8) is 0 Å². The van der Waals surface area contributed by atoms with E-state index in [1.165, 1.54) is 12.1 Å². The fourth-order valence-electron chi connectivity index (χ4n) is 4.00. The zero-order valence-corrected chi connectivity index (χ0v) is 17.4. The number of halogens is 1. The van der Waals surface area contributed by atoms with Gasteiger partial charge in [-0.1, -0.05) is 25.1 Å². The number of aromatic nitrogens is 1. The molecule has 1 saturated carbocycles. The number of para-hydroxylation sites is 1. The second kappa shape index (κ2) is 9.25. The lowest BCUT2D eigenvalue weighted by Gasteiger charge is -2.26. The Hall–Kier alpha value is -3.28. The van der Waals surface area contributed by atoms with Crippen molar-refractivity contribution in [2.45, 2.75) is 38.6 Å². The number of fused-ring (bicyclic) bond motifs is 1. The maximum atomic E-state index is 13.3. The second-order valence-corrected chi connectivity index (χ2v) is 8.18. The Morgan fingerprint density at radius 2 is 1.77 bits per heavy atom. The van der Waals surface area contributed by atoms with Crippen molar-refractivity contribution < 1.29 is 18.7 Å². The SMILES string of the molecule is CC1CCC(NC(=O)COC(=O)c2cc(-c3ccc(F)cc3)nc3ccccc23)CC1. The van der Waals surface area contributed by atoms with Gasteiger partial charge in [-0.15, -0.1) is 0 Å². The van der Waals surface area contributed by atoms with Crippen molar-refractivity contribution in [2.75, 3.05) is 6.61 Å². The number of amides is 1. The van der Waals surface area contributed by atoms with Crippen LogP contribution in [0.4, 0.5) is 4.39 Å². The maximum Gasteiger partial charge on any atom is 0.339 e. The van der Waals surface area contributed by atoms with Crippen molar-refractivity contribution >= 4 is 22.8 Å². The van der Waals surface area contributed by atoms with Crippen LogP contribution < -0.4 is 5.32 Å². The smallest absolute Gasteiger partial charge is 0.339 e. The highest BCUT2D eigenvalue weighted by atomic mass is 19.1. The predicted octanol–water partition coefficient (Wildman–Crippen LogP) is 4.89. The summed E-state index contributed by atoms with van der Waals surface area (Å²) in [5.74, 6) is -0.525. The van der Waals surface area contributed by atoms with Gasteiger partial charge >= 0.3 is 5.97 Å². The van der Waals surface area contributed by atoms with E-state index in [-0.39, 0.29) is 24.4 Å². The number of nitrogens with zero attached hydrogens (tertiary/aromatic N) is 1. The molecule has 6 heteroatoms. The molecule has 4 rings (SSSR count). The van der Waals surface area contributed by atoms with E-state index in [1.807, 2.05) is 12.1 Å². The lowest BCUT2D eigenvalue weighted by Crippen LogP contribution is -2.39. The van der Waals surface area contributed by atoms with Gasteiger partial charge in [-0.3, -0.25) is 4.79 Å². The van der Waals surface area contributed by atoms with Crippen LogP contribution in [0.15, 0.2) is 54.6 Å². The fraction of sp³-hybridized carbons (Fsp3) is 0.320. The van der Waals surface area contributed by atoms with Crippen molar-refractivity contribution in [3.05, 3.63) is 66.0 Å². The number of pyridine rings is 1. The molecule has 5 nitrogen and oxygen atoms in total. The van der Waals surface area contributed by atoms with Crippen molar-refractivity contribution in [1.29, 1.82) is 0 Å². The quantitative estimate of drug-likeness (QED) is 0.597. The van der Waals surface area contributed by atoms with Gasteiger partial charge in [-0.2, -0.15) is 0 Å². The largest absolute Gasteiger partial charge is 0.452 e. The zero-order chi connectivity index (χ0) is 21.8. The minimum atomic E-state index is -0.589. The fourth-order valence-corrected chi connectivity index (χ4v) is 4.00. The number of nitrogens with one attached hydrogen (secondary N) is 1. The first kappa shape index (κ1) is 21.0. The highest BCUT2D eigenvalue weighted by Crippen LogP contribution is 2.26. The topological polar surface area (TPSA) is 68.3 Å². The van der Waals surface area contributed by atoms with Gasteiger partial charge in [-0.05, 0) is 68.0 Å². The van der Waals surface area contributed by atoms with Crippen LogP contribution in [0.1, 0.15) is 43.0 Å². The van der Waals surface area contributed by atoms with Gasteiger partial charge in [0.15, 0.2) is 6.61 Å². The molecule has 0 radical (unpaired) electrons. The summed E-state index contributed by atoms with van der Waals surface area (Å²) in [5, 5.41) is 3.60. The van der Waals surface area contributed by atoms with E-state index in [1.54, 1.807) is 30.3 Å². The molecule has 1 aromatic heterocycles. The number of esters is 1. The third-order valence-corrected chi connectivity index (χ3v) is 5.79. The van der Waals surface area contributed by atoms with Crippen molar-refractivity contribution in [2.24, 2.45) is 5.92 Å². The molecule has 0 bridgehead atoms. The first-order valence-electron chi connectivity index (χ1n) is 10.6. The van der Waals surface area contributed by atoms with Gasteiger partial charge in [-0.25, -0.2) is 14.2 Å². The lowest BCUT2D eigenvalue weighted by molar-refractivity contribution is -0.125. The molecule has 0 aliphatic heterocycles. The van der Waals surface area contributed by atoms with E-state index < -0.39 is 5.97 Å². The normalized spacial score (nSPS) is 18.5. The van der Waals surface area contributed by atoms with Crippen molar-refractivity contribution in [1.82, 2.24) is 10.3 Å². The molecule has 1 N–H and O–H groups in total. The molecule has 1 aliphatic carbocycles. The predicted molar refractivity (Wildman–Crippen MR) is 117 cm³/mol. The van der Waals surface area contributed by atoms with Gasteiger partial charge in [0.1, 0.15) is 5.82 Å². The van der Waals surface area contributed by atoms with Crippen LogP contribution in [0.2, 0.25) is 0 Å². The first-order chi connectivity index (χ1) is 15.0. The number of hydrogen-bond donors (Lipinski definition) is 1. The van der Waals surface area contributed by atoms with Crippen LogP contribution in [-0.2, 0) is 9.53 Å². The summed E-state index contributed by atoms with van der Waals surface area (Å²) in [4.78, 5) is 29.7. The third kappa shape index (κ3) is 5.08. The Morgan fingerprint density at radius 3 is 2.52 bits per heavy atom. The van der Waals surface area contributed by atoms with Gasteiger partial charge in [0.2, 0.25) is 0 Å². The summed E-state index contributed by atoms with van der Waals surface area (Å²) in [7, 11) is 0. The van der Waals surface area contributed by atoms with E-state index in [9.17, 15) is 14.0 Å². The van der Waals surface area contributed by atoms with E-state index in [0.29, 0.717) is 33.6 Å². The Bertz CT molecular complexity index is 1090. The van der Waals surface area contributed by atoms with E-state index >= 15 is 0 Å². The summed E-state index contributed by atoms with van der Waals surface area (Å²) in [6.45, 7) is 1.90. The Kier molecular flexibility index (Phi) is 6.26. The minimum Gasteiger partial charge on any atom is -0.452 e. The van der Waals surface area contributed by atoms with Crippen LogP contribution in [0, 0.1) is 11.7 Å². The molecular formula is C25H25FN2O3. The Morgan fingerprint density at radius 1 is 1.06 bits per heavy atom. The first-order valence-corrected chi connectivity index (χ1v) is 10.6. The summed E-state index contributed by atoms with van der Waals surface area (Å²) >= 11 is 0. The standard InChI is InChI=1S/C25H25FN2O3/c1-16-6-12-19(13-7-16)27-24(29)15-31-25(30)21-14-23(17-8-10-18(26)11-9-17)28-22-5-3-2-4-20(21)22/h2-5,8-11,14,16,19H,6-7,12-13,15H2,1H3,(H,27,29). The second-order valence-electron chi connectivity index (χ2n) is 8.18. The molecule has 0 atom stereocenters. The molecule has 1 aliphatic rings. The monoisotopic (exact) mass is 420 g/mol. The van der Waals surface area contributed by atoms with E-state index in [4.69, 9.17) is 4.74 Å². The number of carbonyl (C=O) groups is 2. The van der Waals surface area contributed by atoms with Crippen LogP contribution >= 0.6 is 0 Å². The Labute approximate surface area is 180 Å². The average molecular weight is 420 g/mol. The molecule has 0 saturated heterocycles. The minimum absolute atomic E-state index is 0.147. The molecule has 31 heavy (non-hydrogen) atoms. The van der Waals surface area contributed by atoms with Crippen molar-refractivity contribution in [3.8, 4) is 11.3 Å². The molecule has 0 spiro atoms. The maximum absolute atomic E-state index is 13.3. The lowest BCUT2D eigenvalue weighted by atomic mass is 9.87. The highest BCUT2D eigenvalue weighted by Gasteiger charge is 2.21. The average Bonchev–Trinajstić information content (AvgIpc) is 2.79. The van der Waals surface area contributed by atoms with E-state index in [2.05, 4.69) is 17.2 Å². The van der Waals surface area contributed by atoms with Crippen LogP contribution in [0.25, 0.3) is 22.2 Å². The van der Waals surface area contributed by atoms with Gasteiger partial charge in [0, 0.05) is 17.0 Å². The zero-order valence-electron chi connectivity index (χ0n) is 17.4. The Balaban J connectivity index is 1.50. The van der Waals surface area contributed by atoms with Crippen LogP contribution in [-0.4, -0.2) is 29.5 Å². The highest BCUT2D eigenvalue weighted by molar-refractivity contribution is 6.05. The third-order valence-electron chi connectivity index (χ3n) is 5.79. The summed E-state index contributed by atoms with van der Waals surface area (Å²) in [5.41, 5.74) is 2.16. The number of hydrogen-bond acceptors (Lipinski definition) is 4. The van der Waals surface area contributed by atoms with Gasteiger partial charge in [0.25, 0.3) is 5.91 Å². The number of ether oxygens (including phenoxy) is 1. The van der Waals surface area contributed by atoms with Crippen LogP contribution in [0.3, 0.4) is 0 Å². The van der Waals surface area contributed by atoms with Gasteiger partial charge < -0.3 is 10.1 Å². The number of rotatable bonds is 5. The van der Waals surface area contributed by atoms with Crippen LogP contribution in [0.5, 0.6) is 0 Å². The van der Waals surface area contributed by atoms with E-state index in [0.717, 1.165) is 25.7 Å².